The van der Waals surface area contributed by atoms with Crippen molar-refractivity contribution in [2.75, 3.05) is 6.61 Å². The Morgan fingerprint density at radius 1 is 1.35 bits per heavy atom. The number of fused-ring (bicyclic) bond motifs is 1. The Bertz CT molecular complexity index is 668. The van der Waals surface area contributed by atoms with E-state index < -0.39 is 23.4 Å². The second-order valence-electron chi connectivity index (χ2n) is 4.16. The number of esters is 1. The number of hydrogen-bond acceptors (Lipinski definition) is 4. The molecule has 2 rings (SSSR count). The average molecular weight is 284 g/mol. The average Bonchev–Trinajstić information content (AvgIpc) is 2.36. The number of alkyl halides is 3. The van der Waals surface area contributed by atoms with E-state index in [0.29, 0.717) is 5.39 Å². The van der Waals surface area contributed by atoms with Crippen LogP contribution in [0.2, 0.25) is 0 Å². The van der Waals surface area contributed by atoms with Gasteiger partial charge in [-0.25, -0.2) is 14.8 Å². The highest BCUT2D eigenvalue weighted by Gasteiger charge is 2.38. The van der Waals surface area contributed by atoms with Gasteiger partial charge in [-0.3, -0.25) is 0 Å². The van der Waals surface area contributed by atoms with Gasteiger partial charge in [0, 0.05) is 11.6 Å². The van der Waals surface area contributed by atoms with Crippen LogP contribution in [0, 0.1) is 6.92 Å². The Balaban J connectivity index is 2.70. The van der Waals surface area contributed by atoms with Gasteiger partial charge in [-0.1, -0.05) is 0 Å². The van der Waals surface area contributed by atoms with Gasteiger partial charge in [-0.15, -0.1) is 0 Å². The Morgan fingerprint density at radius 3 is 2.65 bits per heavy atom. The maximum absolute atomic E-state index is 13.0. The minimum absolute atomic E-state index is 0.0137. The van der Waals surface area contributed by atoms with Crippen LogP contribution in [0.3, 0.4) is 0 Å². The molecule has 0 bridgehead atoms. The summed E-state index contributed by atoms with van der Waals surface area (Å²) >= 11 is 0. The molecule has 0 saturated carbocycles. The molecular formula is C13H11F3N2O2. The van der Waals surface area contributed by atoms with E-state index in [4.69, 9.17) is 0 Å². The Kier molecular flexibility index (Phi) is 3.61. The van der Waals surface area contributed by atoms with Crippen molar-refractivity contribution in [3.05, 3.63) is 35.2 Å². The molecule has 0 aromatic carbocycles. The van der Waals surface area contributed by atoms with E-state index in [0.717, 1.165) is 11.6 Å². The fraction of sp³-hybridized carbons (Fsp3) is 0.308. The molecule has 106 valence electrons. The Morgan fingerprint density at radius 2 is 2.05 bits per heavy atom. The molecule has 7 heteroatoms. The van der Waals surface area contributed by atoms with Crippen LogP contribution < -0.4 is 0 Å². The highest BCUT2D eigenvalue weighted by Crippen LogP contribution is 2.32. The fourth-order valence-corrected chi connectivity index (χ4v) is 1.75. The second-order valence-corrected chi connectivity index (χ2v) is 4.16. The van der Waals surface area contributed by atoms with Crippen LogP contribution >= 0.6 is 0 Å². The van der Waals surface area contributed by atoms with Crippen LogP contribution in [0.25, 0.3) is 11.0 Å². The highest BCUT2D eigenvalue weighted by atomic mass is 19.4. The largest absolute Gasteiger partial charge is 0.462 e. The molecule has 0 aliphatic carbocycles. The predicted octanol–water partition coefficient (Wildman–Crippen LogP) is 3.13. The summed E-state index contributed by atoms with van der Waals surface area (Å²) in [5.41, 5.74) is -1.18. The normalized spacial score (nSPS) is 11.7. The molecule has 4 nitrogen and oxygen atoms in total. The van der Waals surface area contributed by atoms with Gasteiger partial charge in [0.05, 0.1) is 12.2 Å². The number of hydrogen-bond donors (Lipinski definition) is 0. The first-order valence-electron chi connectivity index (χ1n) is 5.84. The summed E-state index contributed by atoms with van der Waals surface area (Å²) in [6.07, 6.45) is -3.33. The topological polar surface area (TPSA) is 52.1 Å². The first-order valence-corrected chi connectivity index (χ1v) is 5.84. The van der Waals surface area contributed by atoms with Crippen LogP contribution in [0.1, 0.15) is 28.5 Å². The van der Waals surface area contributed by atoms with E-state index in [2.05, 4.69) is 14.7 Å². The number of aromatic nitrogens is 2. The summed E-state index contributed by atoms with van der Waals surface area (Å²) in [5, 5.41) is 0.362. The van der Waals surface area contributed by atoms with Gasteiger partial charge in [0.25, 0.3) is 0 Å². The van der Waals surface area contributed by atoms with Gasteiger partial charge in [-0.2, -0.15) is 13.2 Å². The first kappa shape index (κ1) is 14.2. The SMILES string of the molecule is CCOC(=O)c1cc2cc(C)cnc2nc1C(F)(F)F. The number of halogens is 3. The molecule has 0 amide bonds. The van der Waals surface area contributed by atoms with E-state index in [-0.39, 0.29) is 12.3 Å². The molecule has 2 aromatic rings. The Labute approximate surface area is 112 Å². The lowest BCUT2D eigenvalue weighted by Crippen LogP contribution is -2.17. The van der Waals surface area contributed by atoms with Gasteiger partial charge in [0.15, 0.2) is 11.3 Å². The van der Waals surface area contributed by atoms with Crippen molar-refractivity contribution in [1.29, 1.82) is 0 Å². The number of pyridine rings is 2. The number of carbonyl (C=O) groups is 1. The number of rotatable bonds is 2. The zero-order chi connectivity index (χ0) is 14.9. The maximum atomic E-state index is 13.0. The number of nitrogens with zero attached hydrogens (tertiary/aromatic N) is 2. The Hall–Kier alpha value is -2.18. The van der Waals surface area contributed by atoms with Crippen molar-refractivity contribution < 1.29 is 22.7 Å². The minimum Gasteiger partial charge on any atom is -0.462 e. The molecular weight excluding hydrogens is 273 g/mol. The standard InChI is InChI=1S/C13H11F3N2O2/c1-3-20-12(19)9-5-8-4-7(2)6-17-11(8)18-10(9)13(14,15)16/h4-6H,3H2,1-2H3. The quantitative estimate of drug-likeness (QED) is 0.795. The van der Waals surface area contributed by atoms with E-state index in [9.17, 15) is 18.0 Å². The third-order valence-electron chi connectivity index (χ3n) is 2.57. The van der Waals surface area contributed by atoms with Crippen LogP contribution in [0.5, 0.6) is 0 Å². The van der Waals surface area contributed by atoms with Gasteiger partial charge in [0.2, 0.25) is 0 Å². The lowest BCUT2D eigenvalue weighted by Gasteiger charge is -2.12. The molecule has 0 aliphatic rings. The lowest BCUT2D eigenvalue weighted by atomic mass is 10.1. The van der Waals surface area contributed by atoms with E-state index in [1.54, 1.807) is 13.0 Å². The van der Waals surface area contributed by atoms with E-state index in [1.807, 2.05) is 0 Å². The van der Waals surface area contributed by atoms with Crippen LogP contribution in [0.4, 0.5) is 13.2 Å². The third-order valence-corrected chi connectivity index (χ3v) is 2.57. The molecule has 2 aromatic heterocycles. The third kappa shape index (κ3) is 2.71. The molecule has 0 fully saturated rings. The molecule has 20 heavy (non-hydrogen) atoms. The zero-order valence-corrected chi connectivity index (χ0v) is 10.8. The molecule has 0 atom stereocenters. The minimum atomic E-state index is -4.75. The number of carbonyl (C=O) groups excluding carboxylic acids is 1. The van der Waals surface area contributed by atoms with Crippen LogP contribution in [-0.2, 0) is 10.9 Å². The van der Waals surface area contributed by atoms with Crippen molar-refractivity contribution in [3.8, 4) is 0 Å². The van der Waals surface area contributed by atoms with Gasteiger partial charge in [-0.05, 0) is 31.5 Å². The summed E-state index contributed by atoms with van der Waals surface area (Å²) in [4.78, 5) is 19.0. The molecule has 2 heterocycles. The molecule has 0 spiro atoms. The summed E-state index contributed by atoms with van der Waals surface area (Å²) in [5.74, 6) is -1.05. The van der Waals surface area contributed by atoms with Crippen molar-refractivity contribution in [2.45, 2.75) is 20.0 Å². The number of aryl methyl sites for hydroxylation is 1. The summed E-state index contributed by atoms with van der Waals surface area (Å²) in [7, 11) is 0. The summed E-state index contributed by atoms with van der Waals surface area (Å²) in [6, 6.07) is 2.72. The monoisotopic (exact) mass is 284 g/mol. The predicted molar refractivity (Wildman–Crippen MR) is 65.2 cm³/mol. The molecule has 0 aliphatic heterocycles. The van der Waals surface area contributed by atoms with Crippen molar-refractivity contribution in [3.63, 3.8) is 0 Å². The highest BCUT2D eigenvalue weighted by molar-refractivity contribution is 5.94. The van der Waals surface area contributed by atoms with E-state index >= 15 is 0 Å². The van der Waals surface area contributed by atoms with Crippen molar-refractivity contribution >= 4 is 17.0 Å². The zero-order valence-electron chi connectivity index (χ0n) is 10.8. The lowest BCUT2D eigenvalue weighted by molar-refractivity contribution is -0.141. The first-order chi connectivity index (χ1) is 9.32. The summed E-state index contributed by atoms with van der Waals surface area (Å²) < 4.78 is 43.5. The van der Waals surface area contributed by atoms with Gasteiger partial charge < -0.3 is 4.74 Å². The molecule has 0 radical (unpaired) electrons. The van der Waals surface area contributed by atoms with Gasteiger partial charge >= 0.3 is 12.1 Å². The van der Waals surface area contributed by atoms with Crippen LogP contribution in [0.15, 0.2) is 18.3 Å². The second kappa shape index (κ2) is 5.07. The van der Waals surface area contributed by atoms with Crippen LogP contribution in [-0.4, -0.2) is 22.5 Å². The molecule has 0 saturated heterocycles. The number of ether oxygens (including phenoxy) is 1. The summed E-state index contributed by atoms with van der Waals surface area (Å²) in [6.45, 7) is 3.25. The smallest absolute Gasteiger partial charge is 0.434 e. The molecule has 0 unspecified atom stereocenters. The van der Waals surface area contributed by atoms with E-state index in [1.165, 1.54) is 13.1 Å². The maximum Gasteiger partial charge on any atom is 0.434 e. The molecule has 0 N–H and O–H groups in total. The van der Waals surface area contributed by atoms with Gasteiger partial charge in [0.1, 0.15) is 0 Å². The van der Waals surface area contributed by atoms with Crippen molar-refractivity contribution in [2.24, 2.45) is 0 Å². The fourth-order valence-electron chi connectivity index (χ4n) is 1.75. The van der Waals surface area contributed by atoms with Crippen molar-refractivity contribution in [1.82, 2.24) is 9.97 Å².